The van der Waals surface area contributed by atoms with Crippen LogP contribution in [0.4, 0.5) is 0 Å². The zero-order valence-corrected chi connectivity index (χ0v) is 12.4. The molecule has 1 rings (SSSR count). The van der Waals surface area contributed by atoms with Crippen molar-refractivity contribution in [2.75, 3.05) is 6.54 Å². The van der Waals surface area contributed by atoms with Gasteiger partial charge in [0.15, 0.2) is 0 Å². The van der Waals surface area contributed by atoms with Crippen LogP contribution >= 0.6 is 11.3 Å². The number of aromatic nitrogens is 1. The normalized spacial score (nSPS) is 13.2. The van der Waals surface area contributed by atoms with Gasteiger partial charge in [-0.05, 0) is 25.8 Å². The van der Waals surface area contributed by atoms with Crippen LogP contribution in [0.5, 0.6) is 0 Å². The third-order valence-electron chi connectivity index (χ3n) is 2.95. The van der Waals surface area contributed by atoms with Crippen LogP contribution in [-0.4, -0.2) is 17.6 Å². The Labute approximate surface area is 110 Å². The smallest absolute Gasteiger partial charge is 0.0897 e. The molecule has 0 fully saturated rings. The lowest BCUT2D eigenvalue weighted by Gasteiger charge is -2.17. The molecule has 1 atom stereocenters. The van der Waals surface area contributed by atoms with Crippen LogP contribution < -0.4 is 5.32 Å². The molecular weight excluding hydrogens is 228 g/mol. The Morgan fingerprint density at radius 3 is 2.65 bits per heavy atom. The fourth-order valence-corrected chi connectivity index (χ4v) is 2.72. The van der Waals surface area contributed by atoms with Gasteiger partial charge in [-0.15, -0.1) is 11.3 Å². The van der Waals surface area contributed by atoms with Crippen LogP contribution in [0.2, 0.25) is 0 Å². The summed E-state index contributed by atoms with van der Waals surface area (Å²) >= 11 is 1.75. The Bertz CT molecular complexity index is 307. The molecule has 0 aliphatic rings. The monoisotopic (exact) mass is 254 g/mol. The second-order valence-corrected chi connectivity index (χ2v) is 6.20. The molecule has 0 spiro atoms. The first kappa shape index (κ1) is 14.7. The molecule has 0 saturated carbocycles. The summed E-state index contributed by atoms with van der Waals surface area (Å²) in [6, 6.07) is 0.597. The van der Waals surface area contributed by atoms with E-state index in [2.05, 4.69) is 43.4 Å². The molecule has 1 N–H and O–H groups in total. The highest BCUT2D eigenvalue weighted by Gasteiger charge is 2.10. The minimum Gasteiger partial charge on any atom is -0.314 e. The highest BCUT2D eigenvalue weighted by atomic mass is 32.1. The Morgan fingerprint density at radius 1 is 1.35 bits per heavy atom. The molecule has 2 nitrogen and oxygen atoms in total. The van der Waals surface area contributed by atoms with Crippen molar-refractivity contribution in [1.82, 2.24) is 10.3 Å². The quantitative estimate of drug-likeness (QED) is 0.763. The molecule has 0 aliphatic carbocycles. The van der Waals surface area contributed by atoms with Gasteiger partial charge in [0.25, 0.3) is 0 Å². The predicted molar refractivity (Wildman–Crippen MR) is 76.7 cm³/mol. The van der Waals surface area contributed by atoms with Crippen molar-refractivity contribution in [2.45, 2.75) is 59.4 Å². The van der Waals surface area contributed by atoms with Gasteiger partial charge in [-0.3, -0.25) is 0 Å². The van der Waals surface area contributed by atoms with Crippen molar-refractivity contribution in [3.63, 3.8) is 0 Å². The molecule has 0 aromatic carbocycles. The summed E-state index contributed by atoms with van der Waals surface area (Å²) in [5.74, 6) is 0.818. The third kappa shape index (κ3) is 6.18. The highest BCUT2D eigenvalue weighted by Crippen LogP contribution is 2.14. The van der Waals surface area contributed by atoms with Gasteiger partial charge in [0, 0.05) is 17.8 Å². The summed E-state index contributed by atoms with van der Waals surface area (Å²) in [4.78, 5) is 4.55. The summed E-state index contributed by atoms with van der Waals surface area (Å²) in [7, 11) is 0. The van der Waals surface area contributed by atoms with Crippen molar-refractivity contribution in [3.8, 4) is 0 Å². The summed E-state index contributed by atoms with van der Waals surface area (Å²) < 4.78 is 0. The Morgan fingerprint density at radius 2 is 2.12 bits per heavy atom. The topological polar surface area (TPSA) is 24.9 Å². The molecule has 0 aliphatic heterocycles. The van der Waals surface area contributed by atoms with E-state index in [1.165, 1.54) is 30.0 Å². The lowest BCUT2D eigenvalue weighted by molar-refractivity contribution is 0.440. The van der Waals surface area contributed by atoms with Gasteiger partial charge in [0.1, 0.15) is 0 Å². The van der Waals surface area contributed by atoms with Crippen molar-refractivity contribution in [3.05, 3.63) is 16.1 Å². The largest absolute Gasteiger partial charge is 0.314 e. The maximum atomic E-state index is 4.55. The van der Waals surface area contributed by atoms with E-state index >= 15 is 0 Å². The second kappa shape index (κ2) is 7.83. The molecule has 1 aromatic heterocycles. The van der Waals surface area contributed by atoms with E-state index in [0.717, 1.165) is 18.9 Å². The Hall–Kier alpha value is -0.410. The van der Waals surface area contributed by atoms with Crippen LogP contribution in [-0.2, 0) is 6.42 Å². The molecule has 0 amide bonds. The maximum Gasteiger partial charge on any atom is 0.0897 e. The average Bonchev–Trinajstić information content (AvgIpc) is 2.63. The molecule has 0 bridgehead atoms. The molecule has 98 valence electrons. The summed E-state index contributed by atoms with van der Waals surface area (Å²) in [5, 5.41) is 6.95. The Balaban J connectivity index is 2.37. The lowest BCUT2D eigenvalue weighted by atomic mass is 10.0. The SMILES string of the molecule is CCNC(CCCC(C)C)Cc1csc(C)n1. The number of nitrogens with zero attached hydrogens (tertiary/aromatic N) is 1. The van der Waals surface area contributed by atoms with E-state index in [0.29, 0.717) is 6.04 Å². The minimum absolute atomic E-state index is 0.597. The van der Waals surface area contributed by atoms with Crippen molar-refractivity contribution >= 4 is 11.3 Å². The first-order valence-corrected chi connectivity index (χ1v) is 7.64. The van der Waals surface area contributed by atoms with Crippen LogP contribution in [0.15, 0.2) is 5.38 Å². The number of aryl methyl sites for hydroxylation is 1. The van der Waals surface area contributed by atoms with Gasteiger partial charge >= 0.3 is 0 Å². The lowest BCUT2D eigenvalue weighted by Crippen LogP contribution is -2.31. The number of likely N-dealkylation sites (N-methyl/N-ethyl adjacent to an activating group) is 1. The van der Waals surface area contributed by atoms with Crippen molar-refractivity contribution < 1.29 is 0 Å². The zero-order chi connectivity index (χ0) is 12.7. The van der Waals surface area contributed by atoms with Gasteiger partial charge < -0.3 is 5.32 Å². The minimum atomic E-state index is 0.597. The van der Waals surface area contributed by atoms with E-state index in [4.69, 9.17) is 0 Å². The number of nitrogens with one attached hydrogen (secondary N) is 1. The van der Waals surface area contributed by atoms with Crippen LogP contribution in [0, 0.1) is 12.8 Å². The van der Waals surface area contributed by atoms with Crippen LogP contribution in [0.1, 0.15) is 50.7 Å². The molecular formula is C14H26N2S. The fourth-order valence-electron chi connectivity index (χ4n) is 2.09. The summed E-state index contributed by atoms with van der Waals surface area (Å²) in [6.45, 7) is 9.91. The van der Waals surface area contributed by atoms with E-state index in [1.807, 2.05) is 0 Å². The van der Waals surface area contributed by atoms with Crippen LogP contribution in [0.25, 0.3) is 0 Å². The van der Waals surface area contributed by atoms with Gasteiger partial charge in [-0.25, -0.2) is 4.98 Å². The predicted octanol–water partition coefficient (Wildman–Crippen LogP) is 3.80. The third-order valence-corrected chi connectivity index (χ3v) is 3.77. The second-order valence-electron chi connectivity index (χ2n) is 5.14. The number of hydrogen-bond acceptors (Lipinski definition) is 3. The van der Waals surface area contributed by atoms with Gasteiger partial charge in [-0.2, -0.15) is 0 Å². The molecule has 1 unspecified atom stereocenters. The first-order chi connectivity index (χ1) is 8.11. The van der Waals surface area contributed by atoms with Gasteiger partial charge in [0.05, 0.1) is 10.7 Å². The first-order valence-electron chi connectivity index (χ1n) is 6.76. The van der Waals surface area contributed by atoms with Crippen LogP contribution in [0.3, 0.4) is 0 Å². The zero-order valence-electron chi connectivity index (χ0n) is 11.6. The van der Waals surface area contributed by atoms with Crippen molar-refractivity contribution in [1.29, 1.82) is 0 Å². The maximum absolute atomic E-state index is 4.55. The molecule has 17 heavy (non-hydrogen) atoms. The van der Waals surface area contributed by atoms with Gasteiger partial charge in [0.2, 0.25) is 0 Å². The molecule has 0 saturated heterocycles. The standard InChI is InChI=1S/C14H26N2S/c1-5-15-13(8-6-7-11(2)3)9-14-10-17-12(4)16-14/h10-11,13,15H,5-9H2,1-4H3. The molecule has 1 aromatic rings. The van der Waals surface area contributed by atoms with E-state index in [9.17, 15) is 0 Å². The number of rotatable bonds is 8. The molecule has 3 heteroatoms. The fraction of sp³-hybridized carbons (Fsp3) is 0.786. The summed E-state index contributed by atoms with van der Waals surface area (Å²) in [6.07, 6.45) is 5.00. The van der Waals surface area contributed by atoms with Gasteiger partial charge in [-0.1, -0.05) is 33.6 Å². The number of thiazole rings is 1. The Kier molecular flexibility index (Phi) is 6.75. The van der Waals surface area contributed by atoms with Crippen molar-refractivity contribution in [2.24, 2.45) is 5.92 Å². The van der Waals surface area contributed by atoms with E-state index in [-0.39, 0.29) is 0 Å². The molecule has 0 radical (unpaired) electrons. The summed E-state index contributed by atoms with van der Waals surface area (Å²) in [5.41, 5.74) is 1.25. The molecule has 1 heterocycles. The highest BCUT2D eigenvalue weighted by molar-refractivity contribution is 7.09. The van der Waals surface area contributed by atoms with E-state index < -0.39 is 0 Å². The number of hydrogen-bond donors (Lipinski definition) is 1. The average molecular weight is 254 g/mol. The van der Waals surface area contributed by atoms with E-state index in [1.54, 1.807) is 11.3 Å².